The van der Waals surface area contributed by atoms with E-state index in [0.717, 1.165) is 50.5 Å². The molecule has 0 aliphatic carbocycles. The van der Waals surface area contributed by atoms with Crippen molar-refractivity contribution in [3.05, 3.63) is 63.9 Å². The molecule has 0 spiro atoms. The Kier molecular flexibility index (Phi) is 7.62. The molecule has 1 fully saturated rings. The van der Waals surface area contributed by atoms with Gasteiger partial charge in [0.1, 0.15) is 19.0 Å². The molecule has 2 aliphatic rings. The van der Waals surface area contributed by atoms with Crippen molar-refractivity contribution in [3.8, 4) is 17.2 Å². The first-order valence-corrected chi connectivity index (χ1v) is 12.7. The molecule has 0 amide bonds. The summed E-state index contributed by atoms with van der Waals surface area (Å²) in [5.41, 5.74) is 2.13. The summed E-state index contributed by atoms with van der Waals surface area (Å²) in [6, 6.07) is 13.2. The van der Waals surface area contributed by atoms with E-state index in [1.807, 2.05) is 6.07 Å². The first-order chi connectivity index (χ1) is 18.1. The van der Waals surface area contributed by atoms with Gasteiger partial charge in [0, 0.05) is 43.2 Å². The maximum Gasteiger partial charge on any atom is 0.338 e. The number of pyridine rings is 1. The van der Waals surface area contributed by atoms with Crippen LogP contribution in [-0.2, 0) is 17.8 Å². The second-order valence-electron chi connectivity index (χ2n) is 9.40. The molecule has 0 bridgehead atoms. The van der Waals surface area contributed by atoms with Gasteiger partial charge in [-0.25, -0.2) is 4.79 Å². The summed E-state index contributed by atoms with van der Waals surface area (Å²) >= 11 is 0. The molecule has 2 aliphatic heterocycles. The fourth-order valence-corrected chi connectivity index (χ4v) is 5.06. The zero-order valence-electron chi connectivity index (χ0n) is 21.3. The van der Waals surface area contributed by atoms with E-state index >= 15 is 0 Å². The Morgan fingerprint density at radius 1 is 1.00 bits per heavy atom. The van der Waals surface area contributed by atoms with Gasteiger partial charge in [-0.1, -0.05) is 6.07 Å². The van der Waals surface area contributed by atoms with E-state index in [4.69, 9.17) is 18.9 Å². The number of rotatable bonds is 8. The highest BCUT2D eigenvalue weighted by atomic mass is 16.6. The van der Waals surface area contributed by atoms with Gasteiger partial charge in [-0.2, -0.15) is 0 Å². The van der Waals surface area contributed by atoms with Gasteiger partial charge in [-0.15, -0.1) is 0 Å². The predicted molar refractivity (Wildman–Crippen MR) is 140 cm³/mol. The van der Waals surface area contributed by atoms with Crippen molar-refractivity contribution in [2.45, 2.75) is 32.0 Å². The summed E-state index contributed by atoms with van der Waals surface area (Å²) in [5.74, 6) is 1.69. The third-order valence-electron chi connectivity index (χ3n) is 7.15. The van der Waals surface area contributed by atoms with Gasteiger partial charge >= 0.3 is 5.97 Å². The van der Waals surface area contributed by atoms with Crippen molar-refractivity contribution >= 4 is 16.9 Å². The van der Waals surface area contributed by atoms with E-state index in [-0.39, 0.29) is 5.56 Å². The summed E-state index contributed by atoms with van der Waals surface area (Å²) in [7, 11) is 2.89. The lowest BCUT2D eigenvalue weighted by Gasteiger charge is -2.32. The van der Waals surface area contributed by atoms with Crippen molar-refractivity contribution in [1.29, 1.82) is 0 Å². The van der Waals surface area contributed by atoms with Crippen molar-refractivity contribution in [2.24, 2.45) is 0 Å². The number of carbonyl (C=O) groups excluding carboxylic acids is 1. The molecule has 37 heavy (non-hydrogen) atoms. The third-order valence-corrected chi connectivity index (χ3v) is 7.15. The molecule has 0 atom stereocenters. The molecule has 2 aromatic carbocycles. The van der Waals surface area contributed by atoms with Crippen LogP contribution in [0.3, 0.4) is 0 Å². The number of methoxy groups -OCH3 is 2. The number of nitrogens with one attached hydrogen (secondary N) is 1. The Bertz CT molecular complexity index is 1330. The highest BCUT2D eigenvalue weighted by Gasteiger charge is 2.20. The maximum absolute atomic E-state index is 12.8. The molecule has 5 rings (SSSR count). The molecule has 196 valence electrons. The lowest BCUT2D eigenvalue weighted by atomic mass is 10.0. The predicted octanol–water partition coefficient (Wildman–Crippen LogP) is 2.82. The highest BCUT2D eigenvalue weighted by molar-refractivity contribution is 6.04. The summed E-state index contributed by atoms with van der Waals surface area (Å²) < 4.78 is 23.3. The van der Waals surface area contributed by atoms with E-state index < -0.39 is 5.97 Å². The Balaban J connectivity index is 1.19. The maximum atomic E-state index is 12.8. The third kappa shape index (κ3) is 5.57. The van der Waals surface area contributed by atoms with Crippen molar-refractivity contribution in [2.75, 3.05) is 47.1 Å². The molecule has 9 heteroatoms. The van der Waals surface area contributed by atoms with Gasteiger partial charge in [0.25, 0.3) is 5.56 Å². The first-order valence-electron chi connectivity index (χ1n) is 12.7. The lowest BCUT2D eigenvalue weighted by Crippen LogP contribution is -2.43. The molecule has 0 unspecified atom stereocenters. The van der Waals surface area contributed by atoms with Gasteiger partial charge in [0.05, 0.1) is 25.3 Å². The number of nitrogens with zero attached hydrogens (tertiary/aromatic N) is 2. The molecule has 3 aromatic rings. The minimum absolute atomic E-state index is 0.104. The summed E-state index contributed by atoms with van der Waals surface area (Å²) in [4.78, 5) is 27.5. The number of piperidine rings is 1. The minimum atomic E-state index is -0.458. The summed E-state index contributed by atoms with van der Waals surface area (Å²) in [6.45, 7) is 5.16. The fraction of sp³-hybridized carbons (Fsp3) is 0.429. The molecular weight excluding hydrogens is 474 g/mol. The van der Waals surface area contributed by atoms with E-state index in [0.29, 0.717) is 48.0 Å². The van der Waals surface area contributed by atoms with Crippen LogP contribution in [0.5, 0.6) is 17.2 Å². The lowest BCUT2D eigenvalue weighted by molar-refractivity contribution is 0.0602. The number of likely N-dealkylation sites (tertiary alicyclic amines) is 1. The van der Waals surface area contributed by atoms with Crippen LogP contribution < -0.4 is 25.1 Å². The SMILES string of the molecule is COC(=O)c1cc(OC)cc2c1ccc(=O)n2CCN1CCC(NCc2ccc3c(c2)OCCO3)CC1. The zero-order chi connectivity index (χ0) is 25.8. The molecule has 1 aromatic heterocycles. The minimum Gasteiger partial charge on any atom is -0.497 e. The van der Waals surface area contributed by atoms with Gasteiger partial charge in [0.15, 0.2) is 11.5 Å². The summed E-state index contributed by atoms with van der Waals surface area (Å²) in [6.07, 6.45) is 2.07. The Morgan fingerprint density at radius 3 is 2.54 bits per heavy atom. The topological polar surface area (TPSA) is 91.3 Å². The number of fused-ring (bicyclic) bond motifs is 2. The van der Waals surface area contributed by atoms with E-state index in [2.05, 4.69) is 22.3 Å². The molecule has 9 nitrogen and oxygen atoms in total. The molecule has 0 saturated carbocycles. The second kappa shape index (κ2) is 11.2. The van der Waals surface area contributed by atoms with Crippen LogP contribution in [-0.4, -0.2) is 68.5 Å². The first kappa shape index (κ1) is 25.1. The average Bonchev–Trinajstić information content (AvgIpc) is 2.94. The van der Waals surface area contributed by atoms with Crippen LogP contribution in [0.4, 0.5) is 0 Å². The monoisotopic (exact) mass is 507 g/mol. The van der Waals surface area contributed by atoms with Gasteiger partial charge < -0.3 is 33.7 Å². The van der Waals surface area contributed by atoms with Gasteiger partial charge in [-0.05, 0) is 55.8 Å². The Labute approximate surface area is 215 Å². The van der Waals surface area contributed by atoms with E-state index in [1.54, 1.807) is 29.9 Å². The number of ether oxygens (including phenoxy) is 4. The molecule has 1 N–H and O–H groups in total. The normalized spacial score (nSPS) is 16.1. The van der Waals surface area contributed by atoms with Crippen LogP contribution in [0.1, 0.15) is 28.8 Å². The number of carbonyl (C=O) groups is 1. The summed E-state index contributed by atoms with van der Waals surface area (Å²) in [5, 5.41) is 4.35. The molecular formula is C28H33N3O6. The quantitative estimate of drug-likeness (QED) is 0.466. The van der Waals surface area contributed by atoms with Gasteiger partial charge in [-0.3, -0.25) is 4.79 Å². The van der Waals surface area contributed by atoms with Crippen molar-refractivity contribution < 1.29 is 23.7 Å². The van der Waals surface area contributed by atoms with Crippen LogP contribution in [0, 0.1) is 0 Å². The van der Waals surface area contributed by atoms with Crippen molar-refractivity contribution in [1.82, 2.24) is 14.8 Å². The fourth-order valence-electron chi connectivity index (χ4n) is 5.06. The highest BCUT2D eigenvalue weighted by Crippen LogP contribution is 2.31. The largest absolute Gasteiger partial charge is 0.497 e. The zero-order valence-corrected chi connectivity index (χ0v) is 21.3. The van der Waals surface area contributed by atoms with E-state index in [9.17, 15) is 9.59 Å². The number of hydrogen-bond donors (Lipinski definition) is 1. The van der Waals surface area contributed by atoms with E-state index in [1.165, 1.54) is 18.7 Å². The van der Waals surface area contributed by atoms with Crippen LogP contribution in [0.15, 0.2) is 47.3 Å². The Morgan fingerprint density at radius 2 is 1.78 bits per heavy atom. The van der Waals surface area contributed by atoms with Gasteiger partial charge in [0.2, 0.25) is 0 Å². The number of aromatic nitrogens is 1. The molecule has 0 radical (unpaired) electrons. The second-order valence-corrected chi connectivity index (χ2v) is 9.40. The number of hydrogen-bond acceptors (Lipinski definition) is 8. The van der Waals surface area contributed by atoms with Crippen LogP contribution in [0.2, 0.25) is 0 Å². The Hall–Kier alpha value is -3.56. The number of esters is 1. The van der Waals surface area contributed by atoms with Crippen molar-refractivity contribution in [3.63, 3.8) is 0 Å². The smallest absolute Gasteiger partial charge is 0.338 e. The van der Waals surface area contributed by atoms with Crippen LogP contribution in [0.25, 0.3) is 10.9 Å². The average molecular weight is 508 g/mol. The standard InChI is InChI=1S/C28H33N3O6/c1-34-21-16-23(28(33)35-2)22-4-6-27(32)31(24(22)17-21)12-11-30-9-7-20(8-10-30)29-18-19-3-5-25-26(15-19)37-14-13-36-25/h3-6,15-17,20,29H,7-14,18H2,1-2H3. The molecule has 3 heterocycles. The number of benzene rings is 2. The van der Waals surface area contributed by atoms with Crippen LogP contribution >= 0.6 is 0 Å². The molecule has 1 saturated heterocycles.